The fraction of sp³-hybridized carbons (Fsp3) is 0.211. The van der Waals surface area contributed by atoms with Gasteiger partial charge < -0.3 is 10.1 Å². The first-order valence-corrected chi connectivity index (χ1v) is 8.19. The highest BCUT2D eigenvalue weighted by Gasteiger charge is 2.19. The maximum absolute atomic E-state index is 13.7. The number of hydrogen-bond donors (Lipinski definition) is 1. The third-order valence-corrected chi connectivity index (χ3v) is 3.90. The van der Waals surface area contributed by atoms with Gasteiger partial charge in [0.15, 0.2) is 0 Å². The van der Waals surface area contributed by atoms with E-state index in [1.807, 2.05) is 6.92 Å². The van der Waals surface area contributed by atoms with Crippen LogP contribution in [0.5, 0.6) is 0 Å². The number of hydrogen-bond acceptors (Lipinski definition) is 4. The summed E-state index contributed by atoms with van der Waals surface area (Å²) in [6.45, 7) is 1.98. The first-order valence-electron chi connectivity index (χ1n) is 8.19. The number of pyridine rings is 1. The van der Waals surface area contributed by atoms with Gasteiger partial charge in [0.2, 0.25) is 0 Å². The van der Waals surface area contributed by atoms with Crippen molar-refractivity contribution >= 4 is 23.2 Å². The van der Waals surface area contributed by atoms with E-state index in [2.05, 4.69) is 15.0 Å². The van der Waals surface area contributed by atoms with Crippen molar-refractivity contribution in [3.05, 3.63) is 65.4 Å². The number of carbonyl (C=O) groups is 2. The first kappa shape index (κ1) is 17.6. The number of ether oxygens (including phenoxy) is 1. The predicted octanol–water partition coefficient (Wildman–Crippen LogP) is 3.46. The lowest BCUT2D eigenvalue weighted by Crippen LogP contribution is -2.17. The lowest BCUT2D eigenvalue weighted by Gasteiger charge is -2.08. The second kappa shape index (κ2) is 7.35. The molecule has 2 aromatic heterocycles. The summed E-state index contributed by atoms with van der Waals surface area (Å²) in [5.74, 6) is -1.38. The van der Waals surface area contributed by atoms with Gasteiger partial charge in [-0.1, -0.05) is 19.4 Å². The van der Waals surface area contributed by atoms with E-state index in [1.165, 1.54) is 35.9 Å². The Hall–Kier alpha value is -3.22. The Morgan fingerprint density at radius 1 is 1.27 bits per heavy atom. The number of aryl methyl sites for hydroxylation is 1. The van der Waals surface area contributed by atoms with E-state index in [0.717, 1.165) is 6.42 Å². The van der Waals surface area contributed by atoms with Gasteiger partial charge in [0.1, 0.15) is 17.2 Å². The Bertz CT molecular complexity index is 981. The van der Waals surface area contributed by atoms with E-state index in [1.54, 1.807) is 18.2 Å². The third kappa shape index (κ3) is 3.42. The Balaban J connectivity index is 1.98. The topological polar surface area (TPSA) is 72.7 Å². The molecule has 134 valence electrons. The molecule has 3 aromatic rings. The number of methoxy groups -OCH3 is 1. The Morgan fingerprint density at radius 3 is 2.81 bits per heavy atom. The van der Waals surface area contributed by atoms with E-state index >= 15 is 0 Å². The number of aromatic nitrogens is 2. The van der Waals surface area contributed by atoms with Crippen molar-refractivity contribution in [2.24, 2.45) is 0 Å². The van der Waals surface area contributed by atoms with Crippen molar-refractivity contribution in [2.75, 3.05) is 12.4 Å². The summed E-state index contributed by atoms with van der Waals surface area (Å²) in [4.78, 5) is 28.9. The zero-order valence-electron chi connectivity index (χ0n) is 14.5. The minimum atomic E-state index is -0.496. The van der Waals surface area contributed by atoms with Gasteiger partial charge >= 0.3 is 5.97 Å². The number of imidazole rings is 1. The maximum atomic E-state index is 13.7. The van der Waals surface area contributed by atoms with E-state index < -0.39 is 17.7 Å². The molecule has 1 aromatic carbocycles. The molecule has 0 aliphatic rings. The molecule has 7 heteroatoms. The summed E-state index contributed by atoms with van der Waals surface area (Å²) in [7, 11) is 1.29. The van der Waals surface area contributed by atoms with Crippen molar-refractivity contribution in [1.29, 1.82) is 0 Å². The normalized spacial score (nSPS) is 10.7. The molecule has 3 rings (SSSR count). The molecule has 0 aliphatic heterocycles. The minimum Gasteiger partial charge on any atom is -0.465 e. The monoisotopic (exact) mass is 355 g/mol. The lowest BCUT2D eigenvalue weighted by molar-refractivity contribution is 0.0600. The van der Waals surface area contributed by atoms with Crippen LogP contribution in [0.4, 0.5) is 10.1 Å². The summed E-state index contributed by atoms with van der Waals surface area (Å²) in [5.41, 5.74) is 2.14. The predicted molar refractivity (Wildman–Crippen MR) is 94.9 cm³/mol. The lowest BCUT2D eigenvalue weighted by atomic mass is 10.1. The number of carbonyl (C=O) groups excluding carboxylic acids is 2. The highest BCUT2D eigenvalue weighted by molar-refractivity contribution is 6.05. The molecule has 6 nitrogen and oxygen atoms in total. The summed E-state index contributed by atoms with van der Waals surface area (Å²) >= 11 is 0. The van der Waals surface area contributed by atoms with Crippen molar-refractivity contribution in [1.82, 2.24) is 9.38 Å². The van der Waals surface area contributed by atoms with Crippen LogP contribution in [-0.2, 0) is 11.2 Å². The fourth-order valence-electron chi connectivity index (χ4n) is 2.75. The number of rotatable bonds is 5. The molecule has 0 bridgehead atoms. The molecule has 0 spiro atoms. The number of nitrogens with zero attached hydrogens (tertiary/aromatic N) is 2. The average molecular weight is 355 g/mol. The molecule has 0 atom stereocenters. The molecular weight excluding hydrogens is 337 g/mol. The Labute approximate surface area is 149 Å². The van der Waals surface area contributed by atoms with E-state index in [0.29, 0.717) is 29.0 Å². The maximum Gasteiger partial charge on any atom is 0.337 e. The molecule has 0 saturated heterocycles. The molecule has 1 N–H and O–H groups in total. The summed E-state index contributed by atoms with van der Waals surface area (Å²) < 4.78 is 19.8. The number of benzene rings is 1. The minimum absolute atomic E-state index is 0.282. The molecule has 26 heavy (non-hydrogen) atoms. The highest BCUT2D eigenvalue weighted by atomic mass is 19.1. The quantitative estimate of drug-likeness (QED) is 0.712. The average Bonchev–Trinajstić information content (AvgIpc) is 2.98. The molecule has 1 amide bonds. The SMILES string of the molecule is CCCc1nc2ccc(F)cn2c1C(=O)Nc1cccc(C(=O)OC)c1. The second-order valence-corrected chi connectivity index (χ2v) is 5.76. The van der Waals surface area contributed by atoms with Crippen LogP contribution in [0.25, 0.3) is 5.65 Å². The van der Waals surface area contributed by atoms with Crippen LogP contribution in [0.3, 0.4) is 0 Å². The van der Waals surface area contributed by atoms with Gasteiger partial charge in [-0.25, -0.2) is 14.2 Å². The molecule has 0 saturated carbocycles. The van der Waals surface area contributed by atoms with Gasteiger partial charge in [-0.3, -0.25) is 9.20 Å². The van der Waals surface area contributed by atoms with Crippen LogP contribution in [0.2, 0.25) is 0 Å². The number of halogens is 1. The standard InChI is InChI=1S/C19H18FN3O3/c1-3-5-15-17(23-11-13(20)8-9-16(23)22-15)18(24)21-14-7-4-6-12(10-14)19(25)26-2/h4,6-11H,3,5H2,1-2H3,(H,21,24). The van der Waals surface area contributed by atoms with Gasteiger partial charge in [0.05, 0.1) is 18.4 Å². The van der Waals surface area contributed by atoms with Gasteiger partial charge in [-0.2, -0.15) is 0 Å². The molecule has 2 heterocycles. The largest absolute Gasteiger partial charge is 0.465 e. The summed E-state index contributed by atoms with van der Waals surface area (Å²) in [5, 5.41) is 2.74. The van der Waals surface area contributed by atoms with E-state index in [-0.39, 0.29) is 5.69 Å². The zero-order chi connectivity index (χ0) is 18.7. The summed E-state index contributed by atoms with van der Waals surface area (Å²) in [6, 6.07) is 9.25. The van der Waals surface area contributed by atoms with Crippen LogP contribution < -0.4 is 5.32 Å². The second-order valence-electron chi connectivity index (χ2n) is 5.76. The fourth-order valence-corrected chi connectivity index (χ4v) is 2.75. The van der Waals surface area contributed by atoms with Crippen LogP contribution in [0, 0.1) is 5.82 Å². The van der Waals surface area contributed by atoms with Gasteiger partial charge in [-0.15, -0.1) is 0 Å². The molecule has 0 fully saturated rings. The highest BCUT2D eigenvalue weighted by Crippen LogP contribution is 2.19. The van der Waals surface area contributed by atoms with Crippen molar-refractivity contribution < 1.29 is 18.7 Å². The number of nitrogens with one attached hydrogen (secondary N) is 1. The van der Waals surface area contributed by atoms with Gasteiger partial charge in [0.25, 0.3) is 5.91 Å². The van der Waals surface area contributed by atoms with E-state index in [4.69, 9.17) is 0 Å². The zero-order valence-corrected chi connectivity index (χ0v) is 14.5. The van der Waals surface area contributed by atoms with Crippen molar-refractivity contribution in [3.63, 3.8) is 0 Å². The summed E-state index contributed by atoms with van der Waals surface area (Å²) in [6.07, 6.45) is 2.63. The van der Waals surface area contributed by atoms with Crippen molar-refractivity contribution in [3.8, 4) is 0 Å². The van der Waals surface area contributed by atoms with Crippen LogP contribution in [-0.4, -0.2) is 28.4 Å². The van der Waals surface area contributed by atoms with Gasteiger partial charge in [0, 0.05) is 11.9 Å². The smallest absolute Gasteiger partial charge is 0.337 e. The van der Waals surface area contributed by atoms with E-state index in [9.17, 15) is 14.0 Å². The number of amides is 1. The number of anilines is 1. The first-order chi connectivity index (χ1) is 12.5. The van der Waals surface area contributed by atoms with Crippen LogP contribution >= 0.6 is 0 Å². The number of fused-ring (bicyclic) bond motifs is 1. The van der Waals surface area contributed by atoms with Gasteiger partial charge in [-0.05, 0) is 36.8 Å². The molecule has 0 radical (unpaired) electrons. The van der Waals surface area contributed by atoms with Crippen LogP contribution in [0.15, 0.2) is 42.6 Å². The molecular formula is C19H18FN3O3. The number of esters is 1. The van der Waals surface area contributed by atoms with Crippen molar-refractivity contribution in [2.45, 2.75) is 19.8 Å². The third-order valence-electron chi connectivity index (χ3n) is 3.90. The molecule has 0 aliphatic carbocycles. The Kier molecular flexibility index (Phi) is 4.97. The molecule has 0 unspecified atom stereocenters. The Morgan fingerprint density at radius 2 is 2.08 bits per heavy atom. The van der Waals surface area contributed by atoms with Crippen LogP contribution in [0.1, 0.15) is 39.9 Å².